The molecule has 0 unspecified atom stereocenters. The Morgan fingerprint density at radius 3 is 2.58 bits per heavy atom. The molecular weight excluding hydrogens is 352 g/mol. The molecule has 0 aliphatic carbocycles. The van der Waals surface area contributed by atoms with E-state index >= 15 is 0 Å². The Morgan fingerprint density at radius 1 is 1.19 bits per heavy atom. The topological polar surface area (TPSA) is 91.4 Å². The average molecular weight is 374 g/mol. The number of nitrogens with one attached hydrogen (secondary N) is 2. The fraction of sp³-hybridized carbons (Fsp3) is 0.333. The van der Waals surface area contributed by atoms with Crippen LogP contribution in [0.4, 0.5) is 4.79 Å². The van der Waals surface area contributed by atoms with Gasteiger partial charge in [-0.3, -0.25) is 4.98 Å². The predicted octanol–water partition coefficient (Wildman–Crippen LogP) is 2.00. The zero-order chi connectivity index (χ0) is 18.6. The Balaban J connectivity index is 1.64. The van der Waals surface area contributed by atoms with Crippen molar-refractivity contribution in [2.45, 2.75) is 37.4 Å². The van der Waals surface area contributed by atoms with E-state index in [-0.39, 0.29) is 4.90 Å². The molecule has 26 heavy (non-hydrogen) atoms. The summed E-state index contributed by atoms with van der Waals surface area (Å²) in [5.74, 6) is 0. The second kappa shape index (κ2) is 7.84. The molecular formula is C18H22N4O3S. The van der Waals surface area contributed by atoms with E-state index < -0.39 is 22.2 Å². The molecule has 1 saturated heterocycles. The minimum Gasteiger partial charge on any atom is -0.334 e. The summed E-state index contributed by atoms with van der Waals surface area (Å²) >= 11 is 0. The highest BCUT2D eigenvalue weighted by Crippen LogP contribution is 2.24. The number of benzene rings is 1. The molecule has 2 aromatic rings. The molecule has 1 atom stereocenters. The molecule has 1 aliphatic rings. The molecule has 0 bridgehead atoms. The summed E-state index contributed by atoms with van der Waals surface area (Å²) in [6.45, 7) is 2.65. The zero-order valence-corrected chi connectivity index (χ0v) is 15.4. The summed E-state index contributed by atoms with van der Waals surface area (Å²) in [6, 6.07) is 9.97. The van der Waals surface area contributed by atoms with Crippen LogP contribution in [0.5, 0.6) is 0 Å². The monoisotopic (exact) mass is 374 g/mol. The van der Waals surface area contributed by atoms with Crippen molar-refractivity contribution < 1.29 is 13.2 Å². The second-order valence-electron chi connectivity index (χ2n) is 6.27. The van der Waals surface area contributed by atoms with Crippen LogP contribution in [0.25, 0.3) is 0 Å². The highest BCUT2D eigenvalue weighted by molar-refractivity contribution is 7.89. The lowest BCUT2D eigenvalue weighted by molar-refractivity contribution is 0.228. The molecule has 2 amide bonds. The van der Waals surface area contributed by atoms with E-state index in [1.54, 1.807) is 36.7 Å². The lowest BCUT2D eigenvalue weighted by Crippen LogP contribution is -2.49. The summed E-state index contributed by atoms with van der Waals surface area (Å²) in [4.78, 5) is 16.3. The van der Waals surface area contributed by atoms with Crippen LogP contribution in [0.1, 0.15) is 24.0 Å². The summed E-state index contributed by atoms with van der Waals surface area (Å²) in [5.41, 5.74) is 1.92. The van der Waals surface area contributed by atoms with Crippen LogP contribution in [0.15, 0.2) is 53.7 Å². The summed E-state index contributed by atoms with van der Waals surface area (Å²) in [7, 11) is -3.63. The van der Waals surface area contributed by atoms with Gasteiger partial charge in [0, 0.05) is 25.5 Å². The first kappa shape index (κ1) is 18.3. The van der Waals surface area contributed by atoms with Crippen LogP contribution in [0, 0.1) is 6.92 Å². The van der Waals surface area contributed by atoms with Gasteiger partial charge in [0.2, 0.25) is 10.0 Å². The first-order valence-electron chi connectivity index (χ1n) is 8.48. The van der Waals surface area contributed by atoms with Crippen molar-refractivity contribution in [3.05, 3.63) is 59.9 Å². The van der Waals surface area contributed by atoms with Crippen LogP contribution < -0.4 is 10.6 Å². The average Bonchev–Trinajstić information content (AvgIpc) is 3.10. The van der Waals surface area contributed by atoms with Gasteiger partial charge in [0.25, 0.3) is 0 Å². The van der Waals surface area contributed by atoms with Crippen molar-refractivity contribution in [3.8, 4) is 0 Å². The summed E-state index contributed by atoms with van der Waals surface area (Å²) < 4.78 is 27.1. The van der Waals surface area contributed by atoms with Crippen molar-refractivity contribution in [2.75, 3.05) is 6.54 Å². The number of hydrogen-bond acceptors (Lipinski definition) is 4. The van der Waals surface area contributed by atoms with Gasteiger partial charge in [-0.2, -0.15) is 4.31 Å². The fourth-order valence-electron chi connectivity index (χ4n) is 2.90. The maximum atomic E-state index is 12.9. The zero-order valence-electron chi connectivity index (χ0n) is 14.6. The van der Waals surface area contributed by atoms with E-state index in [0.717, 1.165) is 11.1 Å². The lowest BCUT2D eigenvalue weighted by Gasteiger charge is -2.25. The smallest absolute Gasteiger partial charge is 0.316 e. The van der Waals surface area contributed by atoms with Crippen LogP contribution >= 0.6 is 0 Å². The standard InChI is InChI=1S/C18H22N4O3S/c1-14-4-6-16(7-5-14)26(24,25)22-12-2-3-17(22)21-18(23)20-13-15-8-10-19-11-9-15/h4-11,17H,2-3,12-13H2,1H3,(H2,20,21,23)/t17-/m0/s1. The lowest BCUT2D eigenvalue weighted by atomic mass is 10.2. The van der Waals surface area contributed by atoms with Gasteiger partial charge in [0.1, 0.15) is 0 Å². The quantitative estimate of drug-likeness (QED) is 0.837. The Bertz CT molecular complexity index is 854. The molecule has 8 heteroatoms. The molecule has 1 aromatic carbocycles. The van der Waals surface area contributed by atoms with Crippen LogP contribution in [0.2, 0.25) is 0 Å². The molecule has 3 rings (SSSR count). The minimum atomic E-state index is -3.63. The first-order chi connectivity index (χ1) is 12.5. The Kier molecular flexibility index (Phi) is 5.53. The number of amides is 2. The van der Waals surface area contributed by atoms with Crippen molar-refractivity contribution >= 4 is 16.1 Å². The van der Waals surface area contributed by atoms with Crippen LogP contribution in [0.3, 0.4) is 0 Å². The van der Waals surface area contributed by atoms with E-state index in [4.69, 9.17) is 0 Å². The van der Waals surface area contributed by atoms with Gasteiger partial charge in [0.15, 0.2) is 0 Å². The van der Waals surface area contributed by atoms with Crippen LogP contribution in [-0.4, -0.2) is 36.4 Å². The highest BCUT2D eigenvalue weighted by atomic mass is 32.2. The van der Waals surface area contributed by atoms with Crippen molar-refractivity contribution in [1.82, 2.24) is 19.9 Å². The van der Waals surface area contributed by atoms with Gasteiger partial charge in [-0.15, -0.1) is 0 Å². The van der Waals surface area contributed by atoms with Gasteiger partial charge >= 0.3 is 6.03 Å². The molecule has 2 N–H and O–H groups in total. The van der Waals surface area contributed by atoms with Gasteiger partial charge in [-0.1, -0.05) is 17.7 Å². The Morgan fingerprint density at radius 2 is 1.88 bits per heavy atom. The van der Waals surface area contributed by atoms with Crippen molar-refractivity contribution in [3.63, 3.8) is 0 Å². The molecule has 0 saturated carbocycles. The molecule has 1 aromatic heterocycles. The number of rotatable bonds is 5. The van der Waals surface area contributed by atoms with Crippen LogP contribution in [-0.2, 0) is 16.6 Å². The fourth-order valence-corrected chi connectivity index (χ4v) is 4.52. The summed E-state index contributed by atoms with van der Waals surface area (Å²) in [6.07, 6.45) is 4.07. The van der Waals surface area contributed by atoms with E-state index in [1.807, 2.05) is 19.1 Å². The maximum absolute atomic E-state index is 12.9. The molecule has 7 nitrogen and oxygen atoms in total. The molecule has 0 radical (unpaired) electrons. The third-order valence-corrected chi connectivity index (χ3v) is 6.25. The molecule has 0 spiro atoms. The number of carbonyl (C=O) groups is 1. The number of pyridine rings is 1. The Labute approximate surface area is 153 Å². The second-order valence-corrected chi connectivity index (χ2v) is 8.16. The molecule has 1 fully saturated rings. The largest absolute Gasteiger partial charge is 0.334 e. The predicted molar refractivity (Wildman–Crippen MR) is 97.7 cm³/mol. The molecule has 1 aliphatic heterocycles. The van der Waals surface area contributed by atoms with E-state index in [0.29, 0.717) is 25.9 Å². The SMILES string of the molecule is Cc1ccc(S(=O)(=O)N2CCC[C@H]2NC(=O)NCc2ccncc2)cc1. The third-order valence-electron chi connectivity index (χ3n) is 4.33. The van der Waals surface area contributed by atoms with E-state index in [9.17, 15) is 13.2 Å². The Hall–Kier alpha value is -2.45. The first-order valence-corrected chi connectivity index (χ1v) is 9.92. The van der Waals surface area contributed by atoms with Gasteiger partial charge < -0.3 is 10.6 Å². The van der Waals surface area contributed by atoms with Gasteiger partial charge in [-0.25, -0.2) is 13.2 Å². The number of carbonyl (C=O) groups excluding carboxylic acids is 1. The highest BCUT2D eigenvalue weighted by Gasteiger charge is 2.36. The summed E-state index contributed by atoms with van der Waals surface area (Å²) in [5, 5.41) is 5.51. The number of aromatic nitrogens is 1. The molecule has 138 valence electrons. The number of nitrogens with zero attached hydrogens (tertiary/aromatic N) is 2. The maximum Gasteiger partial charge on any atom is 0.316 e. The third kappa shape index (κ3) is 4.20. The number of sulfonamides is 1. The van der Waals surface area contributed by atoms with E-state index in [1.165, 1.54) is 4.31 Å². The van der Waals surface area contributed by atoms with Gasteiger partial charge in [0.05, 0.1) is 11.1 Å². The number of aryl methyl sites for hydroxylation is 1. The number of hydrogen-bond donors (Lipinski definition) is 2. The normalized spacial score (nSPS) is 17.8. The molecule has 2 heterocycles. The minimum absolute atomic E-state index is 0.244. The van der Waals surface area contributed by atoms with Crippen molar-refractivity contribution in [2.24, 2.45) is 0 Å². The van der Waals surface area contributed by atoms with E-state index in [2.05, 4.69) is 15.6 Å². The number of urea groups is 1. The van der Waals surface area contributed by atoms with Crippen molar-refractivity contribution in [1.29, 1.82) is 0 Å². The van der Waals surface area contributed by atoms with Gasteiger partial charge in [-0.05, 0) is 49.6 Å².